The molecule has 0 aliphatic rings. The van der Waals surface area contributed by atoms with Gasteiger partial charge in [0.25, 0.3) is 0 Å². The van der Waals surface area contributed by atoms with Crippen molar-refractivity contribution in [3.8, 4) is 0 Å². The molecule has 1 rings (SSSR count). The van der Waals surface area contributed by atoms with Gasteiger partial charge in [-0.05, 0) is 19.1 Å². The third-order valence-electron chi connectivity index (χ3n) is 2.20. The molecule has 4 nitrogen and oxygen atoms in total. The number of amidine groups is 1. The van der Waals surface area contributed by atoms with Gasteiger partial charge in [-0.15, -0.1) is 0 Å². The summed E-state index contributed by atoms with van der Waals surface area (Å²) in [4.78, 5) is 13.2. The van der Waals surface area contributed by atoms with Gasteiger partial charge in [0.2, 0.25) is 5.91 Å². The van der Waals surface area contributed by atoms with E-state index in [1.54, 1.807) is 19.0 Å². The molecule has 0 heterocycles. The zero-order chi connectivity index (χ0) is 12.1. The lowest BCUT2D eigenvalue weighted by Gasteiger charge is -2.13. The van der Waals surface area contributed by atoms with E-state index in [4.69, 9.17) is 5.41 Å². The Labute approximate surface area is 95.8 Å². The molecular weight excluding hydrogens is 202 g/mol. The summed E-state index contributed by atoms with van der Waals surface area (Å²) in [6.45, 7) is 1.99. The van der Waals surface area contributed by atoms with E-state index >= 15 is 0 Å². The van der Waals surface area contributed by atoms with E-state index in [2.05, 4.69) is 5.32 Å². The number of hydrogen-bond acceptors (Lipinski definition) is 2. The number of benzene rings is 1. The molecule has 16 heavy (non-hydrogen) atoms. The molecule has 0 atom stereocenters. The highest BCUT2D eigenvalue weighted by Gasteiger charge is 2.07. The molecule has 0 fully saturated rings. The van der Waals surface area contributed by atoms with E-state index in [1.165, 1.54) is 0 Å². The highest BCUT2D eigenvalue weighted by Crippen LogP contribution is 2.08. The van der Waals surface area contributed by atoms with Gasteiger partial charge < -0.3 is 10.2 Å². The molecule has 1 aromatic carbocycles. The van der Waals surface area contributed by atoms with Crippen molar-refractivity contribution in [1.82, 2.24) is 4.90 Å². The molecule has 0 saturated carbocycles. The molecule has 1 aromatic rings. The Balaban J connectivity index is 2.52. The summed E-state index contributed by atoms with van der Waals surface area (Å²) < 4.78 is 0. The van der Waals surface area contributed by atoms with Crippen LogP contribution >= 0.6 is 0 Å². The third-order valence-corrected chi connectivity index (χ3v) is 2.20. The van der Waals surface area contributed by atoms with E-state index in [9.17, 15) is 4.79 Å². The van der Waals surface area contributed by atoms with Crippen LogP contribution in [0.25, 0.3) is 0 Å². The molecule has 0 spiro atoms. The fraction of sp³-hybridized carbons (Fsp3) is 0.333. The molecule has 4 heteroatoms. The van der Waals surface area contributed by atoms with Crippen LogP contribution in [0.3, 0.4) is 0 Å². The van der Waals surface area contributed by atoms with E-state index in [-0.39, 0.29) is 12.3 Å². The van der Waals surface area contributed by atoms with E-state index < -0.39 is 0 Å². The Morgan fingerprint density at radius 1 is 1.31 bits per heavy atom. The van der Waals surface area contributed by atoms with Crippen LogP contribution in [0.15, 0.2) is 24.3 Å². The van der Waals surface area contributed by atoms with Crippen LogP contribution in [-0.2, 0) is 4.79 Å². The Bertz CT molecular complexity index is 382. The molecule has 0 aliphatic carbocycles. The van der Waals surface area contributed by atoms with Crippen molar-refractivity contribution in [2.75, 3.05) is 19.4 Å². The molecule has 0 aromatic heterocycles. The normalized spacial score (nSPS) is 9.69. The minimum absolute atomic E-state index is 0.0981. The van der Waals surface area contributed by atoms with Crippen LogP contribution < -0.4 is 5.32 Å². The Morgan fingerprint density at radius 2 is 1.88 bits per heavy atom. The van der Waals surface area contributed by atoms with Crippen molar-refractivity contribution in [1.29, 1.82) is 5.41 Å². The first kappa shape index (κ1) is 12.2. The summed E-state index contributed by atoms with van der Waals surface area (Å²) in [5.74, 6) is 0.132. The van der Waals surface area contributed by atoms with Crippen LogP contribution in [0.5, 0.6) is 0 Å². The fourth-order valence-corrected chi connectivity index (χ4v) is 1.15. The lowest BCUT2D eigenvalue weighted by atomic mass is 10.2. The Hall–Kier alpha value is -1.84. The fourth-order valence-electron chi connectivity index (χ4n) is 1.15. The van der Waals surface area contributed by atoms with Crippen molar-refractivity contribution >= 4 is 17.4 Å². The van der Waals surface area contributed by atoms with Gasteiger partial charge in [-0.3, -0.25) is 10.2 Å². The first-order valence-electron chi connectivity index (χ1n) is 5.10. The van der Waals surface area contributed by atoms with Crippen molar-refractivity contribution in [2.24, 2.45) is 0 Å². The summed E-state index contributed by atoms with van der Waals surface area (Å²) in [6, 6.07) is 7.58. The number of nitrogens with zero attached hydrogens (tertiary/aromatic N) is 1. The van der Waals surface area contributed by atoms with Crippen molar-refractivity contribution in [3.63, 3.8) is 0 Å². The monoisotopic (exact) mass is 219 g/mol. The first-order chi connectivity index (χ1) is 7.49. The molecule has 1 amide bonds. The zero-order valence-electron chi connectivity index (χ0n) is 9.87. The van der Waals surface area contributed by atoms with E-state index in [0.717, 1.165) is 11.3 Å². The SMILES string of the molecule is Cc1ccc(NC(=O)CC(=N)N(C)C)cc1. The Morgan fingerprint density at radius 3 is 2.38 bits per heavy atom. The Kier molecular flexibility index (Phi) is 4.05. The summed E-state index contributed by atoms with van der Waals surface area (Å²) in [5, 5.41) is 10.3. The van der Waals surface area contributed by atoms with E-state index in [1.807, 2.05) is 31.2 Å². The van der Waals surface area contributed by atoms with Gasteiger partial charge in [-0.1, -0.05) is 17.7 Å². The minimum Gasteiger partial charge on any atom is -0.366 e. The predicted molar refractivity (Wildman–Crippen MR) is 65.8 cm³/mol. The van der Waals surface area contributed by atoms with Gasteiger partial charge in [0.15, 0.2) is 0 Å². The van der Waals surface area contributed by atoms with Crippen LogP contribution in [0.1, 0.15) is 12.0 Å². The highest BCUT2D eigenvalue weighted by molar-refractivity contribution is 6.04. The van der Waals surface area contributed by atoms with Gasteiger partial charge in [0.1, 0.15) is 5.84 Å². The van der Waals surface area contributed by atoms with Gasteiger partial charge >= 0.3 is 0 Å². The topological polar surface area (TPSA) is 56.2 Å². The number of aryl methyl sites for hydroxylation is 1. The summed E-state index contributed by atoms with van der Waals surface area (Å²) >= 11 is 0. The third kappa shape index (κ3) is 3.73. The minimum atomic E-state index is -0.164. The number of anilines is 1. The largest absolute Gasteiger partial charge is 0.366 e. The van der Waals surface area contributed by atoms with Gasteiger partial charge in [-0.2, -0.15) is 0 Å². The van der Waals surface area contributed by atoms with Crippen LogP contribution in [0.2, 0.25) is 0 Å². The summed E-state index contributed by atoms with van der Waals surface area (Å²) in [6.07, 6.45) is 0.0981. The lowest BCUT2D eigenvalue weighted by Crippen LogP contribution is -2.26. The maximum Gasteiger partial charge on any atom is 0.231 e. The standard InChI is InChI=1S/C12H17N3O/c1-9-4-6-10(7-5-9)14-12(16)8-11(13)15(2)3/h4-7,13H,8H2,1-3H3,(H,14,16). The number of nitrogens with one attached hydrogen (secondary N) is 2. The molecule has 2 N–H and O–H groups in total. The maximum absolute atomic E-state index is 11.5. The lowest BCUT2D eigenvalue weighted by molar-refractivity contribution is -0.115. The predicted octanol–water partition coefficient (Wildman–Crippen LogP) is 1.86. The number of amides is 1. The van der Waals surface area contributed by atoms with Crippen molar-refractivity contribution in [3.05, 3.63) is 29.8 Å². The second kappa shape index (κ2) is 5.30. The zero-order valence-corrected chi connectivity index (χ0v) is 9.87. The van der Waals surface area contributed by atoms with E-state index in [0.29, 0.717) is 5.84 Å². The number of carbonyl (C=O) groups excluding carboxylic acids is 1. The number of hydrogen-bond donors (Lipinski definition) is 2. The molecule has 0 radical (unpaired) electrons. The average molecular weight is 219 g/mol. The highest BCUT2D eigenvalue weighted by atomic mass is 16.1. The molecule has 86 valence electrons. The number of rotatable bonds is 3. The smallest absolute Gasteiger partial charge is 0.231 e. The van der Waals surface area contributed by atoms with Crippen molar-refractivity contribution < 1.29 is 4.79 Å². The summed E-state index contributed by atoms with van der Waals surface area (Å²) in [7, 11) is 3.50. The quantitative estimate of drug-likeness (QED) is 0.602. The second-order valence-electron chi connectivity index (χ2n) is 3.93. The average Bonchev–Trinajstić information content (AvgIpc) is 2.21. The van der Waals surface area contributed by atoms with Crippen LogP contribution in [-0.4, -0.2) is 30.7 Å². The molecule has 0 bridgehead atoms. The van der Waals surface area contributed by atoms with Gasteiger partial charge in [-0.25, -0.2) is 0 Å². The second-order valence-corrected chi connectivity index (χ2v) is 3.93. The first-order valence-corrected chi connectivity index (χ1v) is 5.10. The van der Waals surface area contributed by atoms with Gasteiger partial charge in [0, 0.05) is 19.8 Å². The summed E-state index contributed by atoms with van der Waals surface area (Å²) in [5.41, 5.74) is 1.92. The van der Waals surface area contributed by atoms with Gasteiger partial charge in [0.05, 0.1) is 6.42 Å². The molecule has 0 unspecified atom stereocenters. The van der Waals surface area contributed by atoms with Crippen molar-refractivity contribution in [2.45, 2.75) is 13.3 Å². The number of carbonyl (C=O) groups is 1. The molecular formula is C12H17N3O. The van der Waals surface area contributed by atoms with Crippen LogP contribution in [0, 0.1) is 12.3 Å². The molecule has 0 aliphatic heterocycles. The maximum atomic E-state index is 11.5. The molecule has 0 saturated heterocycles. The van der Waals surface area contributed by atoms with Crippen LogP contribution in [0.4, 0.5) is 5.69 Å².